The van der Waals surface area contributed by atoms with E-state index in [2.05, 4.69) is 15.3 Å². The zero-order valence-electron chi connectivity index (χ0n) is 16.7. The number of nitro groups is 1. The number of halogens is 3. The minimum atomic E-state index is -4.64. The van der Waals surface area contributed by atoms with Crippen molar-refractivity contribution in [1.29, 1.82) is 0 Å². The number of rotatable bonds is 3. The predicted octanol–water partition coefficient (Wildman–Crippen LogP) is 4.08. The van der Waals surface area contributed by atoms with Crippen LogP contribution < -0.4 is 5.32 Å². The van der Waals surface area contributed by atoms with E-state index in [9.17, 15) is 32.9 Å². The molecular weight excluding hydrogens is 429 g/mol. The molecule has 2 aromatic heterocycles. The summed E-state index contributed by atoms with van der Waals surface area (Å²) >= 11 is 0. The summed E-state index contributed by atoms with van der Waals surface area (Å²) in [6.07, 6.45) is -2.17. The number of hydrogen-bond donors (Lipinski definition) is 2. The maximum Gasteiger partial charge on any atom is 0.449 e. The predicted molar refractivity (Wildman–Crippen MR) is 109 cm³/mol. The smallest absolute Gasteiger partial charge is 0.358 e. The van der Waals surface area contributed by atoms with Gasteiger partial charge in [-0.2, -0.15) is 13.2 Å². The second kappa shape index (κ2) is 9.00. The van der Waals surface area contributed by atoms with Gasteiger partial charge in [-0.15, -0.1) is 0 Å². The van der Waals surface area contributed by atoms with E-state index in [1.165, 1.54) is 12.1 Å². The Kier molecular flexibility index (Phi) is 6.37. The molecular formula is C21H17F3N4O4. The van der Waals surface area contributed by atoms with E-state index in [1.807, 2.05) is 18.2 Å². The van der Waals surface area contributed by atoms with Crippen LogP contribution in [0.15, 0.2) is 48.7 Å². The van der Waals surface area contributed by atoms with E-state index >= 15 is 0 Å². The van der Waals surface area contributed by atoms with Crippen molar-refractivity contribution >= 4 is 17.4 Å². The number of carbonyl (C=O) groups is 2. The van der Waals surface area contributed by atoms with Gasteiger partial charge in [0.15, 0.2) is 0 Å². The summed E-state index contributed by atoms with van der Waals surface area (Å²) in [4.78, 5) is 39.2. The van der Waals surface area contributed by atoms with Crippen molar-refractivity contribution in [2.24, 2.45) is 0 Å². The van der Waals surface area contributed by atoms with Crippen LogP contribution in [0.4, 0.5) is 18.9 Å². The molecule has 0 unspecified atom stereocenters. The molecule has 11 heteroatoms. The number of fused-ring (bicyclic) bond motifs is 1. The number of ketones is 1. The monoisotopic (exact) mass is 446 g/mol. The molecule has 2 N–H and O–H groups in total. The van der Waals surface area contributed by atoms with Crippen molar-refractivity contribution in [1.82, 2.24) is 15.3 Å². The van der Waals surface area contributed by atoms with E-state index in [0.29, 0.717) is 24.7 Å². The normalized spacial score (nSPS) is 12.8. The van der Waals surface area contributed by atoms with Crippen LogP contribution in [0.25, 0.3) is 22.5 Å². The number of benzene rings is 1. The molecule has 0 aliphatic carbocycles. The van der Waals surface area contributed by atoms with E-state index in [-0.39, 0.29) is 11.6 Å². The quantitative estimate of drug-likeness (QED) is 0.464. The van der Waals surface area contributed by atoms with Gasteiger partial charge in [-0.1, -0.05) is 0 Å². The van der Waals surface area contributed by atoms with Gasteiger partial charge in [0, 0.05) is 60.7 Å². The minimum Gasteiger partial charge on any atom is -0.358 e. The molecule has 0 radical (unpaired) electrons. The Morgan fingerprint density at radius 3 is 2.34 bits per heavy atom. The molecule has 1 aromatic carbocycles. The minimum absolute atomic E-state index is 0.0444. The third-order valence-corrected chi connectivity index (χ3v) is 4.65. The Hall–Kier alpha value is -4.02. The molecule has 1 amide bonds. The van der Waals surface area contributed by atoms with Gasteiger partial charge >= 0.3 is 6.18 Å². The van der Waals surface area contributed by atoms with Crippen LogP contribution in [-0.4, -0.2) is 39.3 Å². The fourth-order valence-corrected chi connectivity index (χ4v) is 2.96. The summed E-state index contributed by atoms with van der Waals surface area (Å²) in [5, 5.41) is 13.6. The molecule has 32 heavy (non-hydrogen) atoms. The fraction of sp³-hybridized carbons (Fsp3) is 0.190. The molecule has 8 nitrogen and oxygen atoms in total. The summed E-state index contributed by atoms with van der Waals surface area (Å²) in [7, 11) is 0. The van der Waals surface area contributed by atoms with Crippen LogP contribution in [-0.2, 0) is 11.2 Å². The van der Waals surface area contributed by atoms with Crippen LogP contribution in [0.3, 0.4) is 0 Å². The Balaban J connectivity index is 0.000000360. The van der Waals surface area contributed by atoms with E-state index in [0.717, 1.165) is 28.9 Å². The van der Waals surface area contributed by atoms with Crippen LogP contribution in [0.5, 0.6) is 0 Å². The summed E-state index contributed by atoms with van der Waals surface area (Å²) < 4.78 is 32.5. The molecule has 0 bridgehead atoms. The number of carbonyl (C=O) groups excluding carboxylic acids is 2. The number of alkyl halides is 3. The molecule has 0 saturated heterocycles. The van der Waals surface area contributed by atoms with Gasteiger partial charge in [0.2, 0.25) is 5.78 Å². The highest BCUT2D eigenvalue weighted by Crippen LogP contribution is 2.27. The van der Waals surface area contributed by atoms with Gasteiger partial charge < -0.3 is 10.3 Å². The lowest BCUT2D eigenvalue weighted by atomic mass is 10.1. The lowest BCUT2D eigenvalue weighted by molar-refractivity contribution is -0.384. The first-order valence-corrected chi connectivity index (χ1v) is 9.35. The number of amides is 1. The number of aromatic nitrogens is 2. The van der Waals surface area contributed by atoms with E-state index in [4.69, 9.17) is 0 Å². The number of H-pyrrole nitrogens is 1. The first-order valence-electron chi connectivity index (χ1n) is 9.35. The molecule has 4 rings (SSSR count). The second-order valence-corrected chi connectivity index (χ2v) is 6.87. The maximum atomic E-state index is 11.9. The average molecular weight is 446 g/mol. The van der Waals surface area contributed by atoms with Gasteiger partial charge in [0.1, 0.15) is 0 Å². The summed E-state index contributed by atoms with van der Waals surface area (Å²) in [5.41, 5.74) is 4.93. The van der Waals surface area contributed by atoms with Crippen molar-refractivity contribution < 1.29 is 27.7 Å². The molecule has 3 heterocycles. The summed E-state index contributed by atoms with van der Waals surface area (Å²) in [5.74, 6) is -1.82. The van der Waals surface area contributed by atoms with Gasteiger partial charge in [-0.3, -0.25) is 24.7 Å². The van der Waals surface area contributed by atoms with Gasteiger partial charge in [0.05, 0.1) is 16.2 Å². The SMILES string of the molecule is CC(=O)C(F)(F)F.O=C1NCCc2[nH]c(-c3ccnc(-c4ccc([N+](=O)[O-])cc4)c3)cc21. The van der Waals surface area contributed by atoms with Crippen molar-refractivity contribution in [2.45, 2.75) is 19.5 Å². The lowest BCUT2D eigenvalue weighted by Gasteiger charge is -2.10. The van der Waals surface area contributed by atoms with Crippen LogP contribution in [0.2, 0.25) is 0 Å². The van der Waals surface area contributed by atoms with E-state index < -0.39 is 16.9 Å². The zero-order valence-corrected chi connectivity index (χ0v) is 16.7. The Morgan fingerprint density at radius 2 is 1.78 bits per heavy atom. The standard InChI is InChI=1S/C18H14N4O3.C3H3F3O/c23-18-14-10-17(21-15(14)6-8-20-18)12-5-7-19-16(9-12)11-1-3-13(4-2-11)22(24)25;1-2(7)3(4,5)6/h1-5,7,9-10,21H,6,8H2,(H,20,23);1H3. The molecule has 0 fully saturated rings. The zero-order chi connectivity index (χ0) is 23.5. The topological polar surface area (TPSA) is 118 Å². The Morgan fingerprint density at radius 1 is 1.12 bits per heavy atom. The largest absolute Gasteiger partial charge is 0.449 e. The first-order chi connectivity index (χ1) is 15.1. The number of nitrogens with zero attached hydrogens (tertiary/aromatic N) is 2. The number of nitro benzene ring substituents is 1. The number of aromatic amines is 1. The molecule has 3 aromatic rings. The van der Waals surface area contributed by atoms with Gasteiger partial charge in [0.25, 0.3) is 11.6 Å². The van der Waals surface area contributed by atoms with Crippen LogP contribution >= 0.6 is 0 Å². The number of pyridine rings is 1. The Labute approximate surface area is 179 Å². The molecule has 0 saturated carbocycles. The van der Waals surface area contributed by atoms with Crippen molar-refractivity contribution in [3.8, 4) is 22.5 Å². The van der Waals surface area contributed by atoms with Gasteiger partial charge in [-0.05, 0) is 30.3 Å². The second-order valence-electron chi connectivity index (χ2n) is 6.87. The molecule has 0 spiro atoms. The lowest BCUT2D eigenvalue weighted by Crippen LogP contribution is -2.31. The highest BCUT2D eigenvalue weighted by Gasteiger charge is 2.33. The maximum absolute atomic E-state index is 11.9. The third-order valence-electron chi connectivity index (χ3n) is 4.65. The van der Waals surface area contributed by atoms with Crippen molar-refractivity contribution in [3.05, 3.63) is 70.0 Å². The molecule has 0 atom stereocenters. The Bertz CT molecular complexity index is 1170. The van der Waals surface area contributed by atoms with Crippen LogP contribution in [0, 0.1) is 10.1 Å². The van der Waals surface area contributed by atoms with Crippen LogP contribution in [0.1, 0.15) is 23.0 Å². The third kappa shape index (κ3) is 5.17. The number of Topliss-reactive ketones (excluding diaryl/α,β-unsaturated/α-hetero) is 1. The average Bonchev–Trinajstić information content (AvgIpc) is 3.20. The fourth-order valence-electron chi connectivity index (χ4n) is 2.96. The summed E-state index contributed by atoms with van der Waals surface area (Å²) in [6, 6.07) is 11.9. The number of non-ortho nitro benzene ring substituents is 1. The first kappa shape index (κ1) is 22.7. The highest BCUT2D eigenvalue weighted by molar-refractivity contribution is 5.97. The molecule has 166 valence electrons. The van der Waals surface area contributed by atoms with Gasteiger partial charge in [-0.25, -0.2) is 0 Å². The molecule has 1 aliphatic rings. The van der Waals surface area contributed by atoms with Crippen molar-refractivity contribution in [3.63, 3.8) is 0 Å². The number of hydrogen-bond acceptors (Lipinski definition) is 5. The summed E-state index contributed by atoms with van der Waals surface area (Å²) in [6.45, 7) is 1.12. The van der Waals surface area contributed by atoms with Crippen molar-refractivity contribution in [2.75, 3.05) is 6.54 Å². The number of nitrogens with one attached hydrogen (secondary N) is 2. The molecule has 1 aliphatic heterocycles. The highest BCUT2D eigenvalue weighted by atomic mass is 19.4. The van der Waals surface area contributed by atoms with E-state index in [1.54, 1.807) is 18.3 Å².